The van der Waals surface area contributed by atoms with E-state index in [0.717, 1.165) is 5.92 Å². The second-order valence-electron chi connectivity index (χ2n) is 3.89. The van der Waals surface area contributed by atoms with Crippen molar-refractivity contribution in [2.75, 3.05) is 0 Å². The van der Waals surface area contributed by atoms with E-state index in [1.54, 1.807) is 0 Å². The van der Waals surface area contributed by atoms with Gasteiger partial charge in [0.05, 0.1) is 6.04 Å². The summed E-state index contributed by atoms with van der Waals surface area (Å²) in [6.45, 7) is 4.30. The van der Waals surface area contributed by atoms with E-state index in [1.165, 1.54) is 25.7 Å². The molecular formula is C11H19N. The van der Waals surface area contributed by atoms with Crippen LogP contribution in [-0.4, -0.2) is 12.1 Å². The molecule has 0 aromatic heterocycles. The fourth-order valence-electron chi connectivity index (χ4n) is 2.04. The number of nitrogens with one attached hydrogen (secondary N) is 1. The van der Waals surface area contributed by atoms with Crippen LogP contribution in [-0.2, 0) is 0 Å². The Morgan fingerprint density at radius 1 is 1.33 bits per heavy atom. The lowest BCUT2D eigenvalue weighted by Crippen LogP contribution is -2.37. The van der Waals surface area contributed by atoms with E-state index in [-0.39, 0.29) is 6.04 Å². The maximum absolute atomic E-state index is 5.31. The van der Waals surface area contributed by atoms with Crippen molar-refractivity contribution in [3.05, 3.63) is 0 Å². The van der Waals surface area contributed by atoms with E-state index in [2.05, 4.69) is 18.2 Å². The monoisotopic (exact) mass is 165 g/mol. The van der Waals surface area contributed by atoms with Crippen molar-refractivity contribution in [3.8, 4) is 12.3 Å². The van der Waals surface area contributed by atoms with Crippen molar-refractivity contribution in [2.45, 2.75) is 51.6 Å². The highest BCUT2D eigenvalue weighted by Gasteiger charge is 2.21. The summed E-state index contributed by atoms with van der Waals surface area (Å²) in [5.41, 5.74) is 0. The molecule has 1 N–H and O–H groups in total. The predicted octanol–water partition coefficient (Wildman–Crippen LogP) is 2.18. The molecule has 1 aliphatic carbocycles. The highest BCUT2D eigenvalue weighted by atomic mass is 14.9. The summed E-state index contributed by atoms with van der Waals surface area (Å²) in [4.78, 5) is 0. The third-order valence-corrected chi connectivity index (χ3v) is 2.87. The van der Waals surface area contributed by atoms with Crippen molar-refractivity contribution in [1.29, 1.82) is 0 Å². The first kappa shape index (κ1) is 9.61. The first-order valence-corrected chi connectivity index (χ1v) is 4.96. The van der Waals surface area contributed by atoms with Gasteiger partial charge < -0.3 is 5.32 Å². The van der Waals surface area contributed by atoms with Crippen LogP contribution in [0.2, 0.25) is 0 Å². The highest BCUT2D eigenvalue weighted by Crippen LogP contribution is 2.27. The van der Waals surface area contributed by atoms with Crippen molar-refractivity contribution < 1.29 is 0 Å². The van der Waals surface area contributed by atoms with Gasteiger partial charge in [0.2, 0.25) is 0 Å². The Labute approximate surface area is 75.9 Å². The molecule has 0 heterocycles. The Morgan fingerprint density at radius 2 is 1.92 bits per heavy atom. The average Bonchev–Trinajstić information content (AvgIpc) is 2.56. The minimum absolute atomic E-state index is 0.223. The molecule has 0 saturated heterocycles. The summed E-state index contributed by atoms with van der Waals surface area (Å²) in [5.74, 6) is 3.57. The number of hydrogen-bond acceptors (Lipinski definition) is 1. The Hall–Kier alpha value is -0.480. The van der Waals surface area contributed by atoms with Crippen LogP contribution >= 0.6 is 0 Å². The van der Waals surface area contributed by atoms with Crippen molar-refractivity contribution >= 4 is 0 Å². The molecule has 1 heteroatoms. The zero-order valence-corrected chi connectivity index (χ0v) is 8.14. The smallest absolute Gasteiger partial charge is 0.0660 e. The summed E-state index contributed by atoms with van der Waals surface area (Å²) in [6, 6.07) is 0.819. The number of terminal acetylenes is 1. The van der Waals surface area contributed by atoms with Crippen LogP contribution in [0.15, 0.2) is 0 Å². The van der Waals surface area contributed by atoms with Gasteiger partial charge >= 0.3 is 0 Å². The molecule has 1 rings (SSSR count). The lowest BCUT2D eigenvalue weighted by Gasteiger charge is -2.22. The third kappa shape index (κ3) is 2.53. The molecule has 68 valence electrons. The van der Waals surface area contributed by atoms with E-state index in [9.17, 15) is 0 Å². The molecule has 0 radical (unpaired) electrons. The molecule has 0 aromatic carbocycles. The van der Waals surface area contributed by atoms with Gasteiger partial charge in [0, 0.05) is 6.04 Å². The van der Waals surface area contributed by atoms with E-state index >= 15 is 0 Å². The topological polar surface area (TPSA) is 12.0 Å². The zero-order chi connectivity index (χ0) is 8.97. The second kappa shape index (κ2) is 4.52. The first-order valence-electron chi connectivity index (χ1n) is 4.96. The van der Waals surface area contributed by atoms with Gasteiger partial charge in [0.15, 0.2) is 0 Å². The lowest BCUT2D eigenvalue weighted by atomic mass is 9.99. The summed E-state index contributed by atoms with van der Waals surface area (Å²) in [6.07, 6.45) is 10.9. The van der Waals surface area contributed by atoms with Gasteiger partial charge in [-0.2, -0.15) is 0 Å². The summed E-state index contributed by atoms with van der Waals surface area (Å²) < 4.78 is 0. The van der Waals surface area contributed by atoms with Gasteiger partial charge in [-0.15, -0.1) is 6.42 Å². The average molecular weight is 165 g/mol. The molecule has 2 unspecified atom stereocenters. The van der Waals surface area contributed by atoms with E-state index < -0.39 is 0 Å². The quantitative estimate of drug-likeness (QED) is 0.632. The van der Waals surface area contributed by atoms with Crippen LogP contribution in [0.4, 0.5) is 0 Å². The first-order chi connectivity index (χ1) is 5.74. The lowest BCUT2D eigenvalue weighted by molar-refractivity contribution is 0.372. The van der Waals surface area contributed by atoms with Gasteiger partial charge in [-0.1, -0.05) is 18.8 Å². The zero-order valence-electron chi connectivity index (χ0n) is 8.14. The largest absolute Gasteiger partial charge is 0.301 e. The van der Waals surface area contributed by atoms with Crippen molar-refractivity contribution in [2.24, 2.45) is 5.92 Å². The normalized spacial score (nSPS) is 23.4. The molecule has 1 aliphatic rings. The Kier molecular flexibility index (Phi) is 3.62. The minimum atomic E-state index is 0.223. The molecular weight excluding hydrogens is 146 g/mol. The predicted molar refractivity (Wildman–Crippen MR) is 52.9 cm³/mol. The molecule has 1 nitrogen and oxygen atoms in total. The SMILES string of the molecule is C#CC(C)NC(C)C1CCCC1. The van der Waals surface area contributed by atoms with Gasteiger partial charge in [-0.3, -0.25) is 0 Å². The van der Waals surface area contributed by atoms with Crippen molar-refractivity contribution in [1.82, 2.24) is 5.32 Å². The second-order valence-corrected chi connectivity index (χ2v) is 3.89. The summed E-state index contributed by atoms with van der Waals surface area (Å²) >= 11 is 0. The molecule has 0 spiro atoms. The van der Waals surface area contributed by atoms with E-state index in [0.29, 0.717) is 6.04 Å². The van der Waals surface area contributed by atoms with Crippen LogP contribution in [0.1, 0.15) is 39.5 Å². The minimum Gasteiger partial charge on any atom is -0.301 e. The molecule has 0 amide bonds. The Bertz CT molecular complexity index is 162. The van der Waals surface area contributed by atoms with Gasteiger partial charge in [-0.25, -0.2) is 0 Å². The molecule has 0 aromatic rings. The molecule has 1 saturated carbocycles. The maximum atomic E-state index is 5.31. The fourth-order valence-corrected chi connectivity index (χ4v) is 2.04. The molecule has 12 heavy (non-hydrogen) atoms. The molecule has 1 fully saturated rings. The van der Waals surface area contributed by atoms with E-state index in [4.69, 9.17) is 6.42 Å². The van der Waals surface area contributed by atoms with Crippen LogP contribution in [0.5, 0.6) is 0 Å². The summed E-state index contributed by atoms with van der Waals surface area (Å²) in [7, 11) is 0. The highest BCUT2D eigenvalue weighted by molar-refractivity contribution is 4.97. The van der Waals surface area contributed by atoms with Crippen LogP contribution < -0.4 is 5.32 Å². The Balaban J connectivity index is 2.27. The van der Waals surface area contributed by atoms with Crippen molar-refractivity contribution in [3.63, 3.8) is 0 Å². The Morgan fingerprint density at radius 3 is 2.42 bits per heavy atom. The van der Waals surface area contributed by atoms with Crippen LogP contribution in [0.25, 0.3) is 0 Å². The number of hydrogen-bond donors (Lipinski definition) is 1. The van der Waals surface area contributed by atoms with E-state index in [1.807, 2.05) is 6.92 Å². The van der Waals surface area contributed by atoms with Gasteiger partial charge in [0.25, 0.3) is 0 Å². The molecule has 0 aliphatic heterocycles. The summed E-state index contributed by atoms with van der Waals surface area (Å²) in [5, 5.41) is 3.44. The fraction of sp³-hybridized carbons (Fsp3) is 0.818. The van der Waals surface area contributed by atoms with Crippen LogP contribution in [0, 0.1) is 18.3 Å². The van der Waals surface area contributed by atoms with Gasteiger partial charge in [0.1, 0.15) is 0 Å². The third-order valence-electron chi connectivity index (χ3n) is 2.87. The maximum Gasteiger partial charge on any atom is 0.0660 e. The molecule has 0 bridgehead atoms. The van der Waals surface area contributed by atoms with Gasteiger partial charge in [-0.05, 0) is 32.6 Å². The van der Waals surface area contributed by atoms with Crippen LogP contribution in [0.3, 0.4) is 0 Å². The molecule has 2 atom stereocenters. The standard InChI is InChI=1S/C11H19N/c1-4-9(2)12-10(3)11-7-5-6-8-11/h1,9-12H,5-8H2,2-3H3. The number of rotatable bonds is 3.